The molecule has 0 amide bonds. The Balaban J connectivity index is 0.00000529. The number of unbranched alkanes of at least 4 members (excludes halogenated alkanes) is 2. The number of hydrogen-bond donors (Lipinski definition) is 0. The van der Waals surface area contributed by atoms with E-state index in [-0.39, 0.29) is 23.9 Å². The Hall–Kier alpha value is -1.30. The van der Waals surface area contributed by atoms with Crippen LogP contribution in [0.5, 0.6) is 0 Å². The number of hydrogen-bond acceptors (Lipinski definition) is 4. The molecular weight excluding hydrogens is 411 g/mol. The van der Waals surface area contributed by atoms with Crippen molar-refractivity contribution in [3.8, 4) is 0 Å². The molecule has 0 spiro atoms. The van der Waals surface area contributed by atoms with E-state index in [9.17, 15) is 9.59 Å². The van der Waals surface area contributed by atoms with Crippen molar-refractivity contribution in [3.05, 3.63) is 47.5 Å². The molecule has 0 bridgehead atoms. The summed E-state index contributed by atoms with van der Waals surface area (Å²) in [7, 11) is 0. The second-order valence-electron chi connectivity index (χ2n) is 5.34. The number of carbonyl (C=O) groups excluding carboxylic acids is 2. The number of carbonyl (C=O) groups is 2. The van der Waals surface area contributed by atoms with E-state index in [0.29, 0.717) is 25.2 Å². The Labute approximate surface area is 161 Å². The summed E-state index contributed by atoms with van der Waals surface area (Å²) in [4.78, 5) is 24.0. The average molecular weight is 439 g/mol. The van der Waals surface area contributed by atoms with E-state index < -0.39 is 11.9 Å². The quantitative estimate of drug-likeness (QED) is 0.244. The minimum absolute atomic E-state index is 0. The maximum absolute atomic E-state index is 12.2. The zero-order chi connectivity index (χ0) is 16.9. The summed E-state index contributed by atoms with van der Waals surface area (Å²) < 4.78 is 10.3. The van der Waals surface area contributed by atoms with Crippen LogP contribution in [0.1, 0.15) is 45.1 Å². The van der Waals surface area contributed by atoms with E-state index in [1.165, 1.54) is 6.08 Å². The SMILES string of the molecule is CCCCOC(=O)/C=C(/Cc1ccccc1)C(=O)OCCCC.[SnH2]. The van der Waals surface area contributed by atoms with Gasteiger partial charge in [0.05, 0.1) is 13.2 Å². The predicted octanol–water partition coefficient (Wildman–Crippen LogP) is 2.93. The van der Waals surface area contributed by atoms with Gasteiger partial charge in [0.2, 0.25) is 0 Å². The van der Waals surface area contributed by atoms with Gasteiger partial charge in [-0.3, -0.25) is 0 Å². The second kappa shape index (κ2) is 14.1. The Kier molecular flexibility index (Phi) is 13.3. The Morgan fingerprint density at radius 2 is 1.54 bits per heavy atom. The zero-order valence-electron chi connectivity index (χ0n) is 14.8. The number of ether oxygens (including phenoxy) is 2. The molecule has 0 fully saturated rings. The fourth-order valence-corrected chi connectivity index (χ4v) is 1.90. The van der Waals surface area contributed by atoms with Gasteiger partial charge < -0.3 is 9.47 Å². The molecule has 0 aliphatic carbocycles. The minimum atomic E-state index is -0.489. The number of benzene rings is 1. The first kappa shape index (κ1) is 22.7. The van der Waals surface area contributed by atoms with Gasteiger partial charge in [0.25, 0.3) is 0 Å². The molecular formula is C19H28O4Sn. The van der Waals surface area contributed by atoms with Gasteiger partial charge in [0.1, 0.15) is 0 Å². The summed E-state index contributed by atoms with van der Waals surface area (Å²) in [5, 5.41) is 0. The van der Waals surface area contributed by atoms with Crippen LogP contribution in [0.2, 0.25) is 0 Å². The van der Waals surface area contributed by atoms with Crippen LogP contribution >= 0.6 is 0 Å². The molecule has 0 saturated carbocycles. The Morgan fingerprint density at radius 3 is 2.12 bits per heavy atom. The first-order chi connectivity index (χ1) is 11.2. The predicted molar refractivity (Wildman–Crippen MR) is 98.5 cm³/mol. The van der Waals surface area contributed by atoms with Crippen LogP contribution in [0.15, 0.2) is 42.0 Å². The summed E-state index contributed by atoms with van der Waals surface area (Å²) >= 11 is 0. The molecule has 0 heterocycles. The zero-order valence-corrected chi connectivity index (χ0v) is 18.8. The molecule has 1 aromatic carbocycles. The molecule has 132 valence electrons. The molecule has 1 rings (SSSR count). The van der Waals surface area contributed by atoms with Gasteiger partial charge in [-0.1, -0.05) is 57.0 Å². The summed E-state index contributed by atoms with van der Waals surface area (Å²) in [6.45, 7) is 4.79. The third-order valence-electron chi connectivity index (χ3n) is 3.26. The van der Waals surface area contributed by atoms with Gasteiger partial charge in [-0.15, -0.1) is 0 Å². The van der Waals surface area contributed by atoms with Crippen molar-refractivity contribution in [1.29, 1.82) is 0 Å². The number of rotatable bonds is 10. The summed E-state index contributed by atoms with van der Waals surface area (Å²) in [5.41, 5.74) is 1.28. The molecule has 0 aromatic heterocycles. The molecule has 4 nitrogen and oxygen atoms in total. The molecule has 5 heteroatoms. The van der Waals surface area contributed by atoms with Crippen molar-refractivity contribution in [1.82, 2.24) is 0 Å². The maximum atomic E-state index is 12.2. The van der Waals surface area contributed by atoms with E-state index in [1.54, 1.807) is 0 Å². The van der Waals surface area contributed by atoms with Crippen LogP contribution in [0, 0.1) is 0 Å². The van der Waals surface area contributed by atoms with E-state index >= 15 is 0 Å². The van der Waals surface area contributed by atoms with E-state index in [2.05, 4.69) is 0 Å². The molecule has 0 unspecified atom stereocenters. The van der Waals surface area contributed by atoms with Crippen molar-refractivity contribution < 1.29 is 19.1 Å². The summed E-state index contributed by atoms with van der Waals surface area (Å²) in [6, 6.07) is 9.53. The molecule has 0 aliphatic rings. The third kappa shape index (κ3) is 9.75. The van der Waals surface area contributed by atoms with Crippen molar-refractivity contribution in [2.24, 2.45) is 0 Å². The third-order valence-corrected chi connectivity index (χ3v) is 3.26. The van der Waals surface area contributed by atoms with Gasteiger partial charge in [-0.25, -0.2) is 9.59 Å². The molecule has 1 aromatic rings. The van der Waals surface area contributed by atoms with Gasteiger partial charge in [-0.05, 0) is 18.4 Å². The van der Waals surface area contributed by atoms with Crippen LogP contribution in [0.3, 0.4) is 0 Å². The first-order valence-electron chi connectivity index (χ1n) is 8.25. The normalized spacial score (nSPS) is 10.7. The molecule has 0 N–H and O–H groups in total. The fraction of sp³-hybridized carbons (Fsp3) is 0.474. The van der Waals surface area contributed by atoms with Crippen LogP contribution in [-0.4, -0.2) is 49.1 Å². The fourth-order valence-electron chi connectivity index (χ4n) is 1.90. The van der Waals surface area contributed by atoms with Gasteiger partial charge in [-0.2, -0.15) is 0 Å². The Bertz CT molecular complexity index is 511. The van der Waals surface area contributed by atoms with Crippen LogP contribution in [0.4, 0.5) is 0 Å². The van der Waals surface area contributed by atoms with Gasteiger partial charge in [0, 0.05) is 18.1 Å². The van der Waals surface area contributed by atoms with Gasteiger partial charge in [0.15, 0.2) is 0 Å². The first-order valence-corrected chi connectivity index (χ1v) is 8.25. The number of esters is 2. The van der Waals surface area contributed by atoms with E-state index in [0.717, 1.165) is 31.2 Å². The van der Waals surface area contributed by atoms with Crippen molar-refractivity contribution in [3.63, 3.8) is 0 Å². The Morgan fingerprint density at radius 1 is 0.958 bits per heavy atom. The van der Waals surface area contributed by atoms with Crippen molar-refractivity contribution in [2.75, 3.05) is 13.2 Å². The van der Waals surface area contributed by atoms with E-state index in [1.807, 2.05) is 44.2 Å². The van der Waals surface area contributed by atoms with Crippen LogP contribution in [0.25, 0.3) is 0 Å². The standard InChI is InChI=1S/C19H26O4.Sn.2H/c1-3-5-12-22-18(20)15-17(19(21)23-13-6-4-2)14-16-10-8-7-9-11-16;;;/h7-11,15H,3-6,12-14H2,1-2H3;;;/b17-15-;;;. The van der Waals surface area contributed by atoms with Gasteiger partial charge >= 0.3 is 35.8 Å². The van der Waals surface area contributed by atoms with Crippen LogP contribution < -0.4 is 0 Å². The molecule has 0 saturated heterocycles. The second-order valence-corrected chi connectivity index (χ2v) is 5.34. The monoisotopic (exact) mass is 440 g/mol. The van der Waals surface area contributed by atoms with E-state index in [4.69, 9.17) is 9.47 Å². The molecule has 24 heavy (non-hydrogen) atoms. The molecule has 0 aliphatic heterocycles. The molecule has 0 atom stereocenters. The average Bonchev–Trinajstić information content (AvgIpc) is 2.55. The topological polar surface area (TPSA) is 52.6 Å². The van der Waals surface area contributed by atoms with Crippen molar-refractivity contribution >= 4 is 35.8 Å². The van der Waals surface area contributed by atoms with Crippen molar-refractivity contribution in [2.45, 2.75) is 46.0 Å². The summed E-state index contributed by atoms with van der Waals surface area (Å²) in [6.07, 6.45) is 5.14. The molecule has 2 radical (unpaired) electrons. The summed E-state index contributed by atoms with van der Waals surface area (Å²) in [5.74, 6) is -0.938. The van der Waals surface area contributed by atoms with Crippen LogP contribution in [-0.2, 0) is 25.5 Å².